The van der Waals surface area contributed by atoms with Crippen LogP contribution < -0.4 is 0 Å². The van der Waals surface area contributed by atoms with E-state index < -0.39 is 0 Å². The Hall–Kier alpha value is -3.10. The fourth-order valence-electron chi connectivity index (χ4n) is 5.07. The minimum Gasteiger partial charge on any atom is -0.339 e. The van der Waals surface area contributed by atoms with Crippen molar-refractivity contribution in [2.45, 2.75) is 50.9 Å². The third-order valence-corrected chi connectivity index (χ3v) is 7.46. The van der Waals surface area contributed by atoms with Crippen LogP contribution in [0.4, 0.5) is 0 Å². The van der Waals surface area contributed by atoms with Crippen LogP contribution in [0.1, 0.15) is 76.6 Å². The number of aryl methyl sites for hydroxylation is 1. The Labute approximate surface area is 199 Å². The molecule has 2 aromatic carbocycles. The molecule has 5 rings (SSSR count). The number of nitrogens with one attached hydrogen (secondary N) is 1. The second-order valence-electron chi connectivity index (χ2n) is 9.26. The van der Waals surface area contributed by atoms with Crippen molar-refractivity contribution in [3.05, 3.63) is 75.6 Å². The average molecular weight is 459 g/mol. The third kappa shape index (κ3) is 4.28. The number of hydrogen-bond acceptors (Lipinski definition) is 3. The van der Waals surface area contributed by atoms with Crippen LogP contribution >= 0.6 is 11.6 Å². The molecule has 1 amide bonds. The van der Waals surface area contributed by atoms with Crippen molar-refractivity contribution in [3.63, 3.8) is 0 Å². The number of nitriles is 1. The maximum atomic E-state index is 13.5. The van der Waals surface area contributed by atoms with Gasteiger partial charge in [-0.15, -0.1) is 0 Å². The summed E-state index contributed by atoms with van der Waals surface area (Å²) in [6.07, 6.45) is 7.08. The standard InChI is InChI=1S/C27H27ClN4O/c1-17-13-23(21-3-2-4-21)24(26-30-16-25(28)31-26)14-22(17)27(33)32-11-9-20(10-12-32)19-7-5-18(15-29)6-8-19/h5-8,13-14,16,20-21H,2-4,9-12H2,1H3,(H,30,31). The molecule has 0 radical (unpaired) electrons. The lowest BCUT2D eigenvalue weighted by Gasteiger charge is -2.33. The Morgan fingerprint density at radius 1 is 1.12 bits per heavy atom. The van der Waals surface area contributed by atoms with Gasteiger partial charge in [0.25, 0.3) is 5.91 Å². The molecule has 1 aromatic heterocycles. The molecule has 168 valence electrons. The number of carbonyl (C=O) groups is 1. The lowest BCUT2D eigenvalue weighted by atomic mass is 9.77. The number of hydrogen-bond donors (Lipinski definition) is 1. The molecule has 33 heavy (non-hydrogen) atoms. The van der Waals surface area contributed by atoms with Crippen LogP contribution in [0, 0.1) is 18.3 Å². The molecule has 1 saturated carbocycles. The third-order valence-electron chi connectivity index (χ3n) is 7.27. The molecule has 1 saturated heterocycles. The van der Waals surface area contributed by atoms with Gasteiger partial charge in [0.15, 0.2) is 0 Å². The van der Waals surface area contributed by atoms with E-state index in [4.69, 9.17) is 16.9 Å². The largest absolute Gasteiger partial charge is 0.339 e. The molecule has 1 N–H and O–H groups in total. The number of aromatic amines is 1. The van der Waals surface area contributed by atoms with Crippen LogP contribution in [0.3, 0.4) is 0 Å². The van der Waals surface area contributed by atoms with Gasteiger partial charge in [0.05, 0.1) is 17.8 Å². The summed E-state index contributed by atoms with van der Waals surface area (Å²) in [5.74, 6) is 1.76. The van der Waals surface area contributed by atoms with Crippen molar-refractivity contribution in [2.24, 2.45) is 0 Å². The normalized spacial score (nSPS) is 16.9. The SMILES string of the molecule is Cc1cc(C2CCC2)c(-c2ncc(Cl)[nH]2)cc1C(=O)N1CCC(c2ccc(C#N)cc2)CC1. The molecule has 0 unspecified atom stereocenters. The second kappa shape index (κ2) is 9.03. The number of amides is 1. The van der Waals surface area contributed by atoms with Gasteiger partial charge in [-0.3, -0.25) is 4.79 Å². The highest BCUT2D eigenvalue weighted by molar-refractivity contribution is 6.29. The molecule has 3 aromatic rings. The quantitative estimate of drug-likeness (QED) is 0.506. The minimum absolute atomic E-state index is 0.0878. The lowest BCUT2D eigenvalue weighted by Crippen LogP contribution is -2.38. The smallest absolute Gasteiger partial charge is 0.254 e. The number of benzene rings is 2. The monoisotopic (exact) mass is 458 g/mol. The molecular formula is C27H27ClN4O. The van der Waals surface area contributed by atoms with E-state index in [1.807, 2.05) is 42.2 Å². The van der Waals surface area contributed by atoms with E-state index in [9.17, 15) is 4.79 Å². The van der Waals surface area contributed by atoms with E-state index in [1.54, 1.807) is 6.20 Å². The van der Waals surface area contributed by atoms with Gasteiger partial charge in [0.2, 0.25) is 0 Å². The zero-order valence-corrected chi connectivity index (χ0v) is 19.5. The first-order chi connectivity index (χ1) is 16.0. The molecule has 0 atom stereocenters. The molecule has 2 aliphatic rings. The van der Waals surface area contributed by atoms with E-state index >= 15 is 0 Å². The van der Waals surface area contributed by atoms with Crippen LogP contribution in [0.5, 0.6) is 0 Å². The molecule has 0 bridgehead atoms. The predicted octanol–water partition coefficient (Wildman–Crippen LogP) is 6.20. The highest BCUT2D eigenvalue weighted by Crippen LogP contribution is 2.42. The highest BCUT2D eigenvalue weighted by Gasteiger charge is 2.29. The number of likely N-dealkylation sites (tertiary alicyclic amines) is 1. The molecular weight excluding hydrogens is 432 g/mol. The Balaban J connectivity index is 1.36. The Morgan fingerprint density at radius 3 is 2.42 bits per heavy atom. The van der Waals surface area contributed by atoms with Crippen LogP contribution in [-0.2, 0) is 0 Å². The predicted molar refractivity (Wildman–Crippen MR) is 129 cm³/mol. The molecule has 1 aliphatic carbocycles. The van der Waals surface area contributed by atoms with Gasteiger partial charge >= 0.3 is 0 Å². The summed E-state index contributed by atoms with van der Waals surface area (Å²) in [6, 6.07) is 14.2. The summed E-state index contributed by atoms with van der Waals surface area (Å²) >= 11 is 6.12. The van der Waals surface area contributed by atoms with Gasteiger partial charge in [0, 0.05) is 24.2 Å². The van der Waals surface area contributed by atoms with Gasteiger partial charge in [-0.1, -0.05) is 36.2 Å². The first-order valence-electron chi connectivity index (χ1n) is 11.7. The van der Waals surface area contributed by atoms with E-state index in [1.165, 1.54) is 30.4 Å². The van der Waals surface area contributed by atoms with Crippen LogP contribution in [0.2, 0.25) is 5.15 Å². The van der Waals surface area contributed by atoms with Crippen LogP contribution in [0.25, 0.3) is 11.4 Å². The number of carbonyl (C=O) groups excluding carboxylic acids is 1. The molecule has 2 heterocycles. The zero-order valence-electron chi connectivity index (χ0n) is 18.8. The number of halogens is 1. The summed E-state index contributed by atoms with van der Waals surface area (Å²) in [7, 11) is 0. The van der Waals surface area contributed by atoms with Gasteiger partial charge in [-0.25, -0.2) is 4.98 Å². The van der Waals surface area contributed by atoms with Crippen LogP contribution in [0.15, 0.2) is 42.6 Å². The van der Waals surface area contributed by atoms with Gasteiger partial charge < -0.3 is 9.88 Å². The summed E-state index contributed by atoms with van der Waals surface area (Å²) in [5, 5.41) is 9.52. The number of aromatic nitrogens is 2. The molecule has 5 nitrogen and oxygen atoms in total. The molecule has 1 aliphatic heterocycles. The van der Waals surface area contributed by atoms with E-state index in [-0.39, 0.29) is 5.91 Å². The fraction of sp³-hybridized carbons (Fsp3) is 0.370. The first-order valence-corrected chi connectivity index (χ1v) is 12.1. The summed E-state index contributed by atoms with van der Waals surface area (Å²) < 4.78 is 0. The summed E-state index contributed by atoms with van der Waals surface area (Å²) in [4.78, 5) is 23.1. The summed E-state index contributed by atoms with van der Waals surface area (Å²) in [5.41, 5.74) is 5.96. The second-order valence-corrected chi connectivity index (χ2v) is 9.67. The van der Waals surface area contributed by atoms with Crippen molar-refractivity contribution < 1.29 is 4.79 Å². The zero-order chi connectivity index (χ0) is 22.9. The van der Waals surface area contributed by atoms with Gasteiger partial charge in [0.1, 0.15) is 11.0 Å². The highest BCUT2D eigenvalue weighted by atomic mass is 35.5. The van der Waals surface area contributed by atoms with E-state index in [0.29, 0.717) is 22.6 Å². The number of imidazole rings is 1. The van der Waals surface area contributed by atoms with E-state index in [2.05, 4.69) is 22.1 Å². The number of rotatable bonds is 4. The average Bonchev–Trinajstić information content (AvgIpc) is 3.24. The maximum absolute atomic E-state index is 13.5. The first kappa shape index (κ1) is 21.7. The minimum atomic E-state index is 0.0878. The molecule has 2 fully saturated rings. The maximum Gasteiger partial charge on any atom is 0.254 e. The topological polar surface area (TPSA) is 72.8 Å². The van der Waals surface area contributed by atoms with Crippen LogP contribution in [-0.4, -0.2) is 33.9 Å². The van der Waals surface area contributed by atoms with Crippen molar-refractivity contribution >= 4 is 17.5 Å². The van der Waals surface area contributed by atoms with Crippen molar-refractivity contribution in [3.8, 4) is 17.5 Å². The number of nitrogens with zero attached hydrogens (tertiary/aromatic N) is 3. The Kier molecular flexibility index (Phi) is 5.95. The van der Waals surface area contributed by atoms with E-state index in [0.717, 1.165) is 48.4 Å². The van der Waals surface area contributed by atoms with Crippen molar-refractivity contribution in [1.82, 2.24) is 14.9 Å². The van der Waals surface area contributed by atoms with Crippen molar-refractivity contribution in [1.29, 1.82) is 5.26 Å². The molecule has 6 heteroatoms. The fourth-order valence-corrected chi connectivity index (χ4v) is 5.21. The van der Waals surface area contributed by atoms with Gasteiger partial charge in [-0.05, 0) is 79.3 Å². The van der Waals surface area contributed by atoms with Crippen molar-refractivity contribution in [2.75, 3.05) is 13.1 Å². The Bertz CT molecular complexity index is 1210. The summed E-state index contributed by atoms with van der Waals surface area (Å²) in [6.45, 7) is 3.50. The number of H-pyrrole nitrogens is 1. The molecule has 0 spiro atoms. The Morgan fingerprint density at radius 2 is 1.85 bits per heavy atom. The van der Waals surface area contributed by atoms with Gasteiger partial charge in [-0.2, -0.15) is 5.26 Å². The number of piperidine rings is 1. The lowest BCUT2D eigenvalue weighted by molar-refractivity contribution is 0.0712.